The van der Waals surface area contributed by atoms with Crippen molar-refractivity contribution < 1.29 is 14.3 Å². The molecule has 1 aromatic carbocycles. The van der Waals surface area contributed by atoms with Gasteiger partial charge in [-0.25, -0.2) is 9.18 Å². The first-order valence-electron chi connectivity index (χ1n) is 6.63. The van der Waals surface area contributed by atoms with Crippen molar-refractivity contribution in [3.63, 3.8) is 0 Å². The molecule has 1 aliphatic carbocycles. The van der Waals surface area contributed by atoms with E-state index < -0.39 is 6.09 Å². The lowest BCUT2D eigenvalue weighted by molar-refractivity contribution is 0.0906. The number of hydrogen-bond donors (Lipinski definition) is 2. The van der Waals surface area contributed by atoms with Crippen molar-refractivity contribution >= 4 is 6.09 Å². The van der Waals surface area contributed by atoms with E-state index in [0.717, 1.165) is 5.56 Å². The van der Waals surface area contributed by atoms with Crippen LogP contribution >= 0.6 is 0 Å². The third-order valence-corrected chi connectivity index (χ3v) is 3.89. The van der Waals surface area contributed by atoms with Crippen LogP contribution in [-0.2, 0) is 0 Å². The molecular formula is C14H17FN2O2. The lowest BCUT2D eigenvalue weighted by Crippen LogP contribution is -2.60. The van der Waals surface area contributed by atoms with E-state index in [-0.39, 0.29) is 17.9 Å². The number of amides is 1. The number of nitrogens with zero attached hydrogens (tertiary/aromatic N) is 1. The van der Waals surface area contributed by atoms with Crippen LogP contribution in [0.15, 0.2) is 24.3 Å². The highest BCUT2D eigenvalue weighted by molar-refractivity contribution is 5.66. The summed E-state index contributed by atoms with van der Waals surface area (Å²) >= 11 is 0. The van der Waals surface area contributed by atoms with Crippen LogP contribution in [-0.4, -0.2) is 35.2 Å². The highest BCUT2D eigenvalue weighted by Crippen LogP contribution is 2.41. The minimum atomic E-state index is -0.859. The second-order valence-corrected chi connectivity index (χ2v) is 5.42. The molecule has 0 spiro atoms. The van der Waals surface area contributed by atoms with Gasteiger partial charge in [0, 0.05) is 25.2 Å². The molecule has 3 rings (SSSR count). The van der Waals surface area contributed by atoms with Crippen LogP contribution in [0.2, 0.25) is 0 Å². The number of halogens is 1. The average Bonchev–Trinajstić information content (AvgIpc) is 3.13. The first-order valence-corrected chi connectivity index (χ1v) is 6.63. The Morgan fingerprint density at radius 1 is 1.32 bits per heavy atom. The number of benzene rings is 1. The summed E-state index contributed by atoms with van der Waals surface area (Å²) in [5, 5.41) is 12.3. The minimum absolute atomic E-state index is 0.215. The molecule has 1 saturated heterocycles. The van der Waals surface area contributed by atoms with Gasteiger partial charge in [0.1, 0.15) is 5.82 Å². The zero-order valence-electron chi connectivity index (χ0n) is 10.6. The fraction of sp³-hybridized carbons (Fsp3) is 0.500. The second-order valence-electron chi connectivity index (χ2n) is 5.42. The van der Waals surface area contributed by atoms with E-state index in [2.05, 4.69) is 5.32 Å². The molecule has 19 heavy (non-hydrogen) atoms. The van der Waals surface area contributed by atoms with Crippen molar-refractivity contribution in [2.75, 3.05) is 13.1 Å². The number of likely N-dealkylation sites (tertiary alicyclic amines) is 1. The maximum atomic E-state index is 13.0. The van der Waals surface area contributed by atoms with Crippen molar-refractivity contribution in [2.24, 2.45) is 5.92 Å². The van der Waals surface area contributed by atoms with Crippen molar-refractivity contribution in [3.05, 3.63) is 35.6 Å². The predicted molar refractivity (Wildman–Crippen MR) is 68.4 cm³/mol. The Bertz CT molecular complexity index is 467. The highest BCUT2D eigenvalue weighted by Gasteiger charge is 2.37. The van der Waals surface area contributed by atoms with Gasteiger partial charge in [0.2, 0.25) is 0 Å². The molecule has 1 saturated carbocycles. The van der Waals surface area contributed by atoms with Crippen LogP contribution in [0.25, 0.3) is 0 Å². The van der Waals surface area contributed by atoms with Crippen molar-refractivity contribution in [1.29, 1.82) is 0 Å². The predicted octanol–water partition coefficient (Wildman–Crippen LogP) is 2.23. The van der Waals surface area contributed by atoms with Gasteiger partial charge in [-0.3, -0.25) is 0 Å². The largest absolute Gasteiger partial charge is 0.465 e. The van der Waals surface area contributed by atoms with Crippen LogP contribution < -0.4 is 5.32 Å². The van der Waals surface area contributed by atoms with E-state index in [1.165, 1.54) is 29.9 Å². The monoisotopic (exact) mass is 264 g/mol. The van der Waals surface area contributed by atoms with Crippen molar-refractivity contribution in [3.8, 4) is 0 Å². The van der Waals surface area contributed by atoms with Gasteiger partial charge in [0.05, 0.1) is 0 Å². The number of carbonyl (C=O) groups is 1. The standard InChI is InChI=1S/C14H17FN2O2/c15-11-5-3-10(4-6-11)13(9-1-2-9)16-12-7-17(8-12)14(18)19/h3-6,9,12-13,16H,1-2,7-8H2,(H,18,19). The molecule has 4 nitrogen and oxygen atoms in total. The second kappa shape index (κ2) is 4.81. The maximum absolute atomic E-state index is 13.0. The topological polar surface area (TPSA) is 52.6 Å². The van der Waals surface area contributed by atoms with Crippen molar-refractivity contribution in [2.45, 2.75) is 24.9 Å². The van der Waals surface area contributed by atoms with Gasteiger partial charge >= 0.3 is 6.09 Å². The normalized spacial score (nSPS) is 21.0. The highest BCUT2D eigenvalue weighted by atomic mass is 19.1. The summed E-state index contributed by atoms with van der Waals surface area (Å²) in [5.41, 5.74) is 1.10. The minimum Gasteiger partial charge on any atom is -0.465 e. The Kier molecular flexibility index (Phi) is 3.14. The van der Waals surface area contributed by atoms with E-state index in [4.69, 9.17) is 5.11 Å². The van der Waals surface area contributed by atoms with Gasteiger partial charge in [-0.1, -0.05) is 12.1 Å². The van der Waals surface area contributed by atoms with Crippen LogP contribution in [0.1, 0.15) is 24.4 Å². The molecule has 1 amide bonds. The summed E-state index contributed by atoms with van der Waals surface area (Å²) in [6.45, 7) is 1.08. The molecule has 1 heterocycles. The molecule has 0 aromatic heterocycles. The SMILES string of the molecule is O=C(O)N1CC(NC(c2ccc(F)cc2)C2CC2)C1. The number of hydrogen-bond acceptors (Lipinski definition) is 2. The first kappa shape index (κ1) is 12.4. The Morgan fingerprint density at radius 3 is 2.47 bits per heavy atom. The third kappa shape index (κ3) is 2.71. The fourth-order valence-electron chi connectivity index (χ4n) is 2.60. The van der Waals surface area contributed by atoms with Gasteiger partial charge in [0.25, 0.3) is 0 Å². The molecule has 1 aromatic rings. The molecule has 2 fully saturated rings. The molecular weight excluding hydrogens is 247 g/mol. The maximum Gasteiger partial charge on any atom is 0.407 e. The number of nitrogens with one attached hydrogen (secondary N) is 1. The van der Waals surface area contributed by atoms with Crippen LogP contribution in [0.5, 0.6) is 0 Å². The van der Waals surface area contributed by atoms with E-state index in [1.54, 1.807) is 0 Å². The summed E-state index contributed by atoms with van der Waals surface area (Å²) < 4.78 is 13.0. The summed E-state index contributed by atoms with van der Waals surface area (Å²) in [4.78, 5) is 12.1. The van der Waals surface area contributed by atoms with E-state index >= 15 is 0 Å². The van der Waals surface area contributed by atoms with E-state index in [0.29, 0.717) is 19.0 Å². The molecule has 1 aliphatic heterocycles. The molecule has 102 valence electrons. The first-order chi connectivity index (χ1) is 9.13. The Hall–Kier alpha value is -1.62. The smallest absolute Gasteiger partial charge is 0.407 e. The lowest BCUT2D eigenvalue weighted by atomic mass is 9.99. The van der Waals surface area contributed by atoms with Crippen molar-refractivity contribution in [1.82, 2.24) is 10.2 Å². The molecule has 5 heteroatoms. The average molecular weight is 264 g/mol. The lowest BCUT2D eigenvalue weighted by Gasteiger charge is -2.40. The van der Waals surface area contributed by atoms with Crippen LogP contribution in [0.3, 0.4) is 0 Å². The zero-order chi connectivity index (χ0) is 13.4. The molecule has 1 unspecified atom stereocenters. The molecule has 0 bridgehead atoms. The van der Waals surface area contributed by atoms with Gasteiger partial charge < -0.3 is 15.3 Å². The summed E-state index contributed by atoms with van der Waals surface area (Å²) in [7, 11) is 0. The van der Waals surface area contributed by atoms with Gasteiger partial charge in [-0.2, -0.15) is 0 Å². The Balaban J connectivity index is 1.63. The summed E-state index contributed by atoms with van der Waals surface area (Å²) in [6, 6.07) is 7.04. The molecule has 2 N–H and O–H groups in total. The van der Waals surface area contributed by atoms with Gasteiger partial charge in [-0.05, 0) is 36.5 Å². The fourth-order valence-corrected chi connectivity index (χ4v) is 2.60. The Morgan fingerprint density at radius 2 is 1.95 bits per heavy atom. The molecule has 2 aliphatic rings. The molecule has 1 atom stereocenters. The zero-order valence-corrected chi connectivity index (χ0v) is 10.6. The van der Waals surface area contributed by atoms with Crippen LogP contribution in [0.4, 0.5) is 9.18 Å². The van der Waals surface area contributed by atoms with Crippen LogP contribution in [0, 0.1) is 11.7 Å². The van der Waals surface area contributed by atoms with E-state index in [1.807, 2.05) is 12.1 Å². The molecule has 0 radical (unpaired) electrons. The van der Waals surface area contributed by atoms with Gasteiger partial charge in [0.15, 0.2) is 0 Å². The summed E-state index contributed by atoms with van der Waals surface area (Å²) in [5.74, 6) is 0.378. The quantitative estimate of drug-likeness (QED) is 0.876. The number of carboxylic acid groups (broad SMARTS) is 1. The van der Waals surface area contributed by atoms with Gasteiger partial charge in [-0.15, -0.1) is 0 Å². The third-order valence-electron chi connectivity index (χ3n) is 3.89. The number of rotatable bonds is 4. The van der Waals surface area contributed by atoms with E-state index in [9.17, 15) is 9.18 Å². The Labute approximate surface area is 111 Å². The summed E-state index contributed by atoms with van der Waals surface area (Å²) in [6.07, 6.45) is 1.51.